The zero-order valence-electron chi connectivity index (χ0n) is 9.53. The molecule has 15 heavy (non-hydrogen) atoms. The third-order valence-corrected chi connectivity index (χ3v) is 2.21. The average Bonchev–Trinajstić information content (AvgIpc) is 1.94. The maximum Gasteiger partial charge on any atom is 0.410 e. The number of β-amino-alcohol motifs (C(OH)–C–C–N with tert-alkyl or cyclic N) is 1. The lowest BCUT2D eigenvalue weighted by molar-refractivity contribution is -0.152. The largest absolute Gasteiger partial charge is 0.444 e. The first kappa shape index (κ1) is 12.0. The molecule has 5 nitrogen and oxygen atoms in total. The number of ether oxygens (including phenoxy) is 1. The van der Waals surface area contributed by atoms with Gasteiger partial charge in [0, 0.05) is 0 Å². The van der Waals surface area contributed by atoms with Crippen LogP contribution in [-0.4, -0.2) is 46.2 Å². The molecule has 0 bridgehead atoms. The van der Waals surface area contributed by atoms with Crippen molar-refractivity contribution in [2.45, 2.75) is 38.9 Å². The van der Waals surface area contributed by atoms with Gasteiger partial charge in [0.25, 0.3) is 0 Å². The number of carbonyl (C=O) groups is 2. The van der Waals surface area contributed by atoms with Gasteiger partial charge in [-0.25, -0.2) is 4.79 Å². The highest BCUT2D eigenvalue weighted by Crippen LogP contribution is 2.23. The minimum atomic E-state index is -1.36. The molecular weight excluding hydrogens is 198 g/mol. The molecule has 1 rings (SSSR count). The fourth-order valence-corrected chi connectivity index (χ4v) is 1.26. The molecule has 5 heteroatoms. The van der Waals surface area contributed by atoms with E-state index < -0.39 is 17.3 Å². The van der Waals surface area contributed by atoms with Crippen molar-refractivity contribution in [2.75, 3.05) is 13.1 Å². The highest BCUT2D eigenvalue weighted by Gasteiger charge is 2.48. The summed E-state index contributed by atoms with van der Waals surface area (Å²) in [7, 11) is 0. The third kappa shape index (κ3) is 2.68. The first-order chi connectivity index (χ1) is 6.64. The molecule has 1 saturated heterocycles. The van der Waals surface area contributed by atoms with Crippen LogP contribution in [0.4, 0.5) is 4.79 Å². The van der Waals surface area contributed by atoms with Crippen LogP contribution in [0.2, 0.25) is 0 Å². The number of ketones is 1. The first-order valence-corrected chi connectivity index (χ1v) is 4.85. The normalized spacial score (nSPS) is 19.4. The molecule has 1 aliphatic heterocycles. The Morgan fingerprint density at radius 2 is 1.80 bits per heavy atom. The van der Waals surface area contributed by atoms with Crippen molar-refractivity contribution in [3.8, 4) is 0 Å². The van der Waals surface area contributed by atoms with E-state index in [1.807, 2.05) is 0 Å². The number of carbonyl (C=O) groups excluding carboxylic acids is 2. The van der Waals surface area contributed by atoms with Crippen LogP contribution in [0, 0.1) is 0 Å². The van der Waals surface area contributed by atoms with E-state index in [2.05, 4.69) is 0 Å². The molecule has 0 unspecified atom stereocenters. The van der Waals surface area contributed by atoms with E-state index >= 15 is 0 Å². The van der Waals surface area contributed by atoms with E-state index in [0.29, 0.717) is 0 Å². The Hall–Kier alpha value is -1.10. The molecule has 0 saturated carbocycles. The maximum atomic E-state index is 11.4. The van der Waals surface area contributed by atoms with Crippen LogP contribution in [0.3, 0.4) is 0 Å². The van der Waals surface area contributed by atoms with Crippen molar-refractivity contribution in [1.82, 2.24) is 4.90 Å². The van der Waals surface area contributed by atoms with Gasteiger partial charge in [0.05, 0.1) is 13.1 Å². The Morgan fingerprint density at radius 1 is 1.33 bits per heavy atom. The second-order valence-electron chi connectivity index (χ2n) is 4.92. The monoisotopic (exact) mass is 215 g/mol. The van der Waals surface area contributed by atoms with Crippen molar-refractivity contribution in [3.05, 3.63) is 0 Å². The van der Waals surface area contributed by atoms with Crippen molar-refractivity contribution in [1.29, 1.82) is 0 Å². The molecule has 1 amide bonds. The maximum absolute atomic E-state index is 11.4. The minimum Gasteiger partial charge on any atom is -0.444 e. The SMILES string of the molecule is CC(=O)C1(O)CN(C(=O)OC(C)(C)C)C1. The number of nitrogens with zero attached hydrogens (tertiary/aromatic N) is 1. The summed E-state index contributed by atoms with van der Waals surface area (Å²) in [5, 5.41) is 9.61. The van der Waals surface area contributed by atoms with Gasteiger partial charge >= 0.3 is 6.09 Å². The molecule has 1 heterocycles. The zero-order chi connectivity index (χ0) is 11.9. The molecule has 86 valence electrons. The van der Waals surface area contributed by atoms with Gasteiger partial charge in [-0.3, -0.25) is 4.79 Å². The molecule has 1 fully saturated rings. The van der Waals surface area contributed by atoms with E-state index in [9.17, 15) is 14.7 Å². The number of likely N-dealkylation sites (tertiary alicyclic amines) is 1. The summed E-state index contributed by atoms with van der Waals surface area (Å²) in [5.74, 6) is -0.317. The number of amides is 1. The zero-order valence-corrected chi connectivity index (χ0v) is 9.53. The van der Waals surface area contributed by atoms with Crippen LogP contribution in [0.1, 0.15) is 27.7 Å². The summed E-state index contributed by atoms with van der Waals surface area (Å²) in [6.07, 6.45) is -0.492. The Bertz CT molecular complexity index is 286. The second kappa shape index (κ2) is 3.48. The Balaban J connectivity index is 2.46. The van der Waals surface area contributed by atoms with Gasteiger partial charge in [-0.15, -0.1) is 0 Å². The van der Waals surface area contributed by atoms with E-state index in [1.165, 1.54) is 11.8 Å². The van der Waals surface area contributed by atoms with E-state index in [-0.39, 0.29) is 18.9 Å². The highest BCUT2D eigenvalue weighted by molar-refractivity contribution is 5.88. The predicted molar refractivity (Wildman–Crippen MR) is 53.4 cm³/mol. The quantitative estimate of drug-likeness (QED) is 0.694. The lowest BCUT2D eigenvalue weighted by atomic mass is 9.91. The van der Waals surface area contributed by atoms with Gasteiger partial charge in [0.15, 0.2) is 11.4 Å². The summed E-state index contributed by atoms with van der Waals surface area (Å²) >= 11 is 0. The lowest BCUT2D eigenvalue weighted by Crippen LogP contribution is -2.67. The Labute approximate surface area is 89.0 Å². The van der Waals surface area contributed by atoms with Crippen LogP contribution in [0.15, 0.2) is 0 Å². The van der Waals surface area contributed by atoms with Crippen molar-refractivity contribution >= 4 is 11.9 Å². The molecule has 0 aliphatic carbocycles. The molecule has 0 radical (unpaired) electrons. The third-order valence-electron chi connectivity index (χ3n) is 2.21. The summed E-state index contributed by atoms with van der Waals surface area (Å²) in [6, 6.07) is 0. The van der Waals surface area contributed by atoms with E-state index in [1.54, 1.807) is 20.8 Å². The fraction of sp³-hybridized carbons (Fsp3) is 0.800. The van der Waals surface area contributed by atoms with Crippen LogP contribution >= 0.6 is 0 Å². The number of hydrogen-bond donors (Lipinski definition) is 1. The fourth-order valence-electron chi connectivity index (χ4n) is 1.26. The standard InChI is InChI=1S/C10H17NO4/c1-7(12)10(14)5-11(6-10)8(13)15-9(2,3)4/h14H,5-6H2,1-4H3. The van der Waals surface area contributed by atoms with Crippen molar-refractivity contribution < 1.29 is 19.4 Å². The van der Waals surface area contributed by atoms with Crippen molar-refractivity contribution in [2.24, 2.45) is 0 Å². The van der Waals surface area contributed by atoms with E-state index in [0.717, 1.165) is 0 Å². The highest BCUT2D eigenvalue weighted by atomic mass is 16.6. The van der Waals surface area contributed by atoms with Gasteiger partial charge in [-0.1, -0.05) is 0 Å². The number of Topliss-reactive ketones (excluding diaryl/α,β-unsaturated/α-hetero) is 1. The number of aliphatic hydroxyl groups is 1. The van der Waals surface area contributed by atoms with Gasteiger partial charge in [-0.2, -0.15) is 0 Å². The number of rotatable bonds is 1. The van der Waals surface area contributed by atoms with Crippen LogP contribution < -0.4 is 0 Å². The summed E-state index contributed by atoms with van der Waals surface area (Å²) in [5.41, 5.74) is -1.92. The van der Waals surface area contributed by atoms with Gasteiger partial charge < -0.3 is 14.7 Å². The average molecular weight is 215 g/mol. The molecule has 0 aromatic heterocycles. The molecule has 0 aromatic carbocycles. The van der Waals surface area contributed by atoms with Gasteiger partial charge in [0.2, 0.25) is 0 Å². The lowest BCUT2D eigenvalue weighted by Gasteiger charge is -2.44. The van der Waals surface area contributed by atoms with Gasteiger partial charge in [0.1, 0.15) is 5.60 Å². The second-order valence-corrected chi connectivity index (χ2v) is 4.92. The van der Waals surface area contributed by atoms with Crippen molar-refractivity contribution in [3.63, 3.8) is 0 Å². The topological polar surface area (TPSA) is 66.8 Å². The smallest absolute Gasteiger partial charge is 0.410 e. The predicted octanol–water partition coefficient (Wildman–Crippen LogP) is 0.557. The molecule has 0 spiro atoms. The van der Waals surface area contributed by atoms with E-state index in [4.69, 9.17) is 4.74 Å². The molecular formula is C10H17NO4. The minimum absolute atomic E-state index is 0.0250. The molecule has 1 N–H and O–H groups in total. The summed E-state index contributed by atoms with van der Waals surface area (Å²) in [4.78, 5) is 23.7. The van der Waals surface area contributed by atoms with Gasteiger partial charge in [-0.05, 0) is 27.7 Å². The molecule has 0 aromatic rings. The van der Waals surface area contributed by atoms with Crippen LogP contribution in [0.5, 0.6) is 0 Å². The summed E-state index contributed by atoms with van der Waals surface area (Å²) < 4.78 is 5.08. The van der Waals surface area contributed by atoms with Crippen LogP contribution in [0.25, 0.3) is 0 Å². The molecule has 1 aliphatic rings. The summed E-state index contributed by atoms with van der Waals surface area (Å²) in [6.45, 7) is 6.66. The number of hydrogen-bond acceptors (Lipinski definition) is 4. The first-order valence-electron chi connectivity index (χ1n) is 4.85. The Morgan fingerprint density at radius 3 is 2.13 bits per heavy atom. The molecule has 0 atom stereocenters. The Kier molecular flexibility index (Phi) is 2.78. The van der Waals surface area contributed by atoms with Crippen LogP contribution in [-0.2, 0) is 9.53 Å².